The summed E-state index contributed by atoms with van der Waals surface area (Å²) < 4.78 is 21.4. The van der Waals surface area contributed by atoms with Crippen LogP contribution in [0.4, 0.5) is 0 Å². The Morgan fingerprint density at radius 3 is 2.23 bits per heavy atom. The normalized spacial score (nSPS) is 24.7. The quantitative estimate of drug-likeness (QED) is 0.502. The zero-order valence-corrected chi connectivity index (χ0v) is 14.3. The van der Waals surface area contributed by atoms with Crippen LogP contribution in [-0.4, -0.2) is 52.4 Å². The van der Waals surface area contributed by atoms with Crippen LogP contribution >= 0.6 is 0 Å². The Hall–Kier alpha value is -2.95. The Balaban J connectivity index is 2.46. The summed E-state index contributed by atoms with van der Waals surface area (Å²) in [4.78, 5) is 60.4. The molecule has 1 fully saturated rings. The van der Waals surface area contributed by atoms with Crippen LogP contribution in [0, 0.1) is 0 Å². The summed E-state index contributed by atoms with van der Waals surface area (Å²) in [5.41, 5.74) is -1.53. The molecule has 1 saturated heterocycles. The number of hydrogen-bond acceptors (Lipinski definition) is 9. The van der Waals surface area contributed by atoms with Crippen molar-refractivity contribution in [3.05, 3.63) is 33.1 Å². The van der Waals surface area contributed by atoms with E-state index in [0.29, 0.717) is 4.57 Å². The van der Waals surface area contributed by atoms with Gasteiger partial charge in [0.1, 0.15) is 12.7 Å². The lowest BCUT2D eigenvalue weighted by atomic mass is 10.1. The number of aromatic amines is 1. The highest BCUT2D eigenvalue weighted by Crippen LogP contribution is 2.33. The summed E-state index contributed by atoms with van der Waals surface area (Å²) in [6, 6.07) is 1.08. The molecule has 0 amide bonds. The first-order valence-corrected chi connectivity index (χ1v) is 7.64. The van der Waals surface area contributed by atoms with Crippen LogP contribution in [0.3, 0.4) is 0 Å². The first-order chi connectivity index (χ1) is 12.2. The van der Waals surface area contributed by atoms with Crippen LogP contribution < -0.4 is 11.2 Å². The van der Waals surface area contributed by atoms with E-state index in [-0.39, 0.29) is 6.61 Å². The summed E-state index contributed by atoms with van der Waals surface area (Å²) >= 11 is 0. The second-order valence-corrected chi connectivity index (χ2v) is 5.51. The third-order valence-electron chi connectivity index (χ3n) is 3.48. The number of aromatic nitrogens is 2. The molecule has 1 aromatic rings. The monoisotopic (exact) mass is 370 g/mol. The van der Waals surface area contributed by atoms with E-state index in [0.717, 1.165) is 26.1 Å². The number of rotatable bonds is 5. The van der Waals surface area contributed by atoms with Crippen molar-refractivity contribution in [2.24, 2.45) is 0 Å². The first-order valence-electron chi connectivity index (χ1n) is 7.64. The van der Waals surface area contributed by atoms with Crippen LogP contribution in [0.2, 0.25) is 0 Å². The molecule has 0 radical (unpaired) electrons. The molecule has 26 heavy (non-hydrogen) atoms. The summed E-state index contributed by atoms with van der Waals surface area (Å²) in [6.07, 6.45) is -3.76. The number of esters is 3. The van der Waals surface area contributed by atoms with Crippen molar-refractivity contribution in [2.75, 3.05) is 6.61 Å². The van der Waals surface area contributed by atoms with E-state index in [1.807, 2.05) is 0 Å². The number of carbonyl (C=O) groups excluding carboxylic acids is 3. The second kappa shape index (κ2) is 7.95. The molecule has 1 aliphatic heterocycles. The third kappa shape index (κ3) is 4.36. The molecular formula is C15H18N2O9. The summed E-state index contributed by atoms with van der Waals surface area (Å²) in [5.74, 6) is -2.06. The Labute approximate surface area is 146 Å². The number of nitrogens with zero attached hydrogens (tertiary/aromatic N) is 1. The Kier molecular flexibility index (Phi) is 5.93. The van der Waals surface area contributed by atoms with Gasteiger partial charge in [0.05, 0.1) is 0 Å². The molecule has 0 aliphatic carbocycles. The molecule has 0 unspecified atom stereocenters. The number of carbonyl (C=O) groups is 3. The highest BCUT2D eigenvalue weighted by Gasteiger charge is 2.51. The van der Waals surface area contributed by atoms with E-state index in [4.69, 9.17) is 18.9 Å². The molecule has 1 aromatic heterocycles. The van der Waals surface area contributed by atoms with E-state index in [1.165, 1.54) is 6.92 Å². The topological polar surface area (TPSA) is 143 Å². The van der Waals surface area contributed by atoms with Crippen molar-refractivity contribution in [1.82, 2.24) is 9.55 Å². The van der Waals surface area contributed by atoms with Gasteiger partial charge in [-0.1, -0.05) is 0 Å². The lowest BCUT2D eigenvalue weighted by Gasteiger charge is -2.23. The van der Waals surface area contributed by atoms with Crippen molar-refractivity contribution >= 4 is 17.9 Å². The van der Waals surface area contributed by atoms with Crippen LogP contribution in [0.15, 0.2) is 21.9 Å². The van der Waals surface area contributed by atoms with Gasteiger partial charge >= 0.3 is 23.6 Å². The van der Waals surface area contributed by atoms with Gasteiger partial charge in [-0.25, -0.2) is 9.36 Å². The zero-order valence-electron chi connectivity index (χ0n) is 14.3. The van der Waals surface area contributed by atoms with Crippen molar-refractivity contribution < 1.29 is 33.3 Å². The van der Waals surface area contributed by atoms with E-state index < -0.39 is 53.7 Å². The van der Waals surface area contributed by atoms with Crippen LogP contribution in [0.5, 0.6) is 0 Å². The summed E-state index contributed by atoms with van der Waals surface area (Å²) in [7, 11) is 0. The average Bonchev–Trinajstić information content (AvgIpc) is 2.82. The fourth-order valence-electron chi connectivity index (χ4n) is 2.58. The molecular weight excluding hydrogens is 352 g/mol. The van der Waals surface area contributed by atoms with Gasteiger partial charge in [-0.3, -0.25) is 19.2 Å². The Morgan fingerprint density at radius 1 is 1.08 bits per heavy atom. The largest absolute Gasteiger partial charge is 0.463 e. The SMILES string of the molecule is CC(=O)OC[C@H]1O[C@@H](n2c(=O)cc[nH]c2=O)[C@H](OC(C)=O)[C@@H]1OC(C)=O. The molecule has 11 heteroatoms. The fourth-order valence-corrected chi connectivity index (χ4v) is 2.58. The number of H-pyrrole nitrogens is 1. The van der Waals surface area contributed by atoms with Gasteiger partial charge in [0.25, 0.3) is 5.56 Å². The van der Waals surface area contributed by atoms with Gasteiger partial charge in [0.2, 0.25) is 0 Å². The van der Waals surface area contributed by atoms with Gasteiger partial charge < -0.3 is 23.9 Å². The van der Waals surface area contributed by atoms with Crippen LogP contribution in [-0.2, 0) is 33.3 Å². The summed E-state index contributed by atoms with van der Waals surface area (Å²) in [5, 5.41) is 0. The second-order valence-electron chi connectivity index (χ2n) is 5.51. The van der Waals surface area contributed by atoms with Gasteiger partial charge in [-0.2, -0.15) is 0 Å². The number of hydrogen-bond donors (Lipinski definition) is 1. The molecule has 2 rings (SSSR count). The zero-order chi connectivity index (χ0) is 19.4. The number of ether oxygens (including phenoxy) is 4. The standard InChI is InChI=1S/C15H18N2O9/c1-7(18)23-6-10-12(24-8(2)19)13(25-9(3)20)14(26-10)17-11(21)4-5-16-15(17)22/h4-5,10,12-14H,6H2,1-3H3,(H,16,22)/t10-,12-,13-,14-/m1/s1. The first kappa shape index (κ1) is 19.4. The van der Waals surface area contributed by atoms with Crippen molar-refractivity contribution in [3.8, 4) is 0 Å². The lowest BCUT2D eigenvalue weighted by Crippen LogP contribution is -2.45. The molecule has 0 aromatic carbocycles. The lowest BCUT2D eigenvalue weighted by molar-refractivity contribution is -0.166. The number of nitrogens with one attached hydrogen (secondary N) is 1. The average molecular weight is 370 g/mol. The predicted octanol–water partition coefficient (Wildman–Crippen LogP) is -1.14. The smallest absolute Gasteiger partial charge is 0.330 e. The minimum atomic E-state index is -1.37. The maximum atomic E-state index is 12.1. The van der Waals surface area contributed by atoms with Gasteiger partial charge in [0, 0.05) is 33.0 Å². The van der Waals surface area contributed by atoms with Crippen molar-refractivity contribution in [3.63, 3.8) is 0 Å². The fraction of sp³-hybridized carbons (Fsp3) is 0.533. The van der Waals surface area contributed by atoms with Crippen molar-refractivity contribution in [1.29, 1.82) is 0 Å². The molecule has 2 heterocycles. The van der Waals surface area contributed by atoms with E-state index in [1.54, 1.807) is 0 Å². The van der Waals surface area contributed by atoms with Crippen molar-refractivity contribution in [2.45, 2.75) is 45.3 Å². The molecule has 0 bridgehead atoms. The Bertz CT molecular complexity index is 784. The molecule has 1 aliphatic rings. The van der Waals surface area contributed by atoms with Crippen LogP contribution in [0.1, 0.15) is 27.0 Å². The van der Waals surface area contributed by atoms with Gasteiger partial charge in [-0.05, 0) is 0 Å². The maximum absolute atomic E-state index is 12.1. The predicted molar refractivity (Wildman–Crippen MR) is 83.0 cm³/mol. The third-order valence-corrected chi connectivity index (χ3v) is 3.48. The van der Waals surface area contributed by atoms with Gasteiger partial charge in [0.15, 0.2) is 18.4 Å². The van der Waals surface area contributed by atoms with E-state index in [2.05, 4.69) is 4.98 Å². The van der Waals surface area contributed by atoms with Gasteiger partial charge in [-0.15, -0.1) is 0 Å². The highest BCUT2D eigenvalue weighted by atomic mass is 16.7. The minimum Gasteiger partial charge on any atom is -0.463 e. The molecule has 142 valence electrons. The van der Waals surface area contributed by atoms with E-state index in [9.17, 15) is 24.0 Å². The molecule has 4 atom stereocenters. The molecule has 11 nitrogen and oxygen atoms in total. The highest BCUT2D eigenvalue weighted by molar-refractivity contribution is 5.67. The molecule has 0 saturated carbocycles. The van der Waals surface area contributed by atoms with Crippen LogP contribution in [0.25, 0.3) is 0 Å². The minimum absolute atomic E-state index is 0.332. The van der Waals surface area contributed by atoms with E-state index >= 15 is 0 Å². The molecule has 0 spiro atoms. The maximum Gasteiger partial charge on any atom is 0.330 e. The summed E-state index contributed by atoms with van der Waals surface area (Å²) in [6.45, 7) is 3.08. The molecule has 1 N–H and O–H groups in total. The Morgan fingerprint density at radius 2 is 1.69 bits per heavy atom.